The van der Waals surface area contributed by atoms with E-state index in [1.54, 1.807) is 0 Å². The minimum absolute atomic E-state index is 0. The molecule has 1 unspecified atom stereocenters. The Morgan fingerprint density at radius 1 is 1.27 bits per heavy atom. The summed E-state index contributed by atoms with van der Waals surface area (Å²) in [5.41, 5.74) is 1.76. The summed E-state index contributed by atoms with van der Waals surface area (Å²) in [6.07, 6.45) is 0.124. The van der Waals surface area contributed by atoms with E-state index in [2.05, 4.69) is 39.7 Å². The summed E-state index contributed by atoms with van der Waals surface area (Å²) in [6.45, 7) is 14.8. The number of morpholine rings is 1. The van der Waals surface area contributed by atoms with Crippen molar-refractivity contribution < 1.29 is 9.53 Å². The van der Waals surface area contributed by atoms with Gasteiger partial charge in [0, 0.05) is 44.8 Å². The summed E-state index contributed by atoms with van der Waals surface area (Å²) in [6, 6.07) is 7.60. The number of benzene rings is 1. The van der Waals surface area contributed by atoms with Crippen LogP contribution in [0, 0.1) is 12.8 Å². The van der Waals surface area contributed by atoms with Gasteiger partial charge in [-0.05, 0) is 31.9 Å². The van der Waals surface area contributed by atoms with E-state index in [1.807, 2.05) is 38.1 Å². The summed E-state index contributed by atoms with van der Waals surface area (Å²) in [5, 5.41) is 9.46. The number of guanidine groups is 1. The van der Waals surface area contributed by atoms with Crippen LogP contribution in [0.1, 0.15) is 36.7 Å². The molecule has 30 heavy (non-hydrogen) atoms. The first-order valence-electron chi connectivity index (χ1n) is 10.7. The first-order valence-corrected chi connectivity index (χ1v) is 10.7. The summed E-state index contributed by atoms with van der Waals surface area (Å²) < 4.78 is 5.87. The van der Waals surface area contributed by atoms with Crippen molar-refractivity contribution in [2.45, 2.75) is 33.8 Å². The number of hydrogen-bond acceptors (Lipinski definition) is 4. The molecule has 1 aromatic carbocycles. The highest BCUT2D eigenvalue weighted by Gasteiger charge is 2.20. The van der Waals surface area contributed by atoms with Crippen molar-refractivity contribution in [1.82, 2.24) is 20.9 Å². The van der Waals surface area contributed by atoms with Gasteiger partial charge >= 0.3 is 0 Å². The molecule has 2 rings (SSSR count). The van der Waals surface area contributed by atoms with Gasteiger partial charge in [-0.2, -0.15) is 0 Å². The standard InChI is InChI=1S/C22H37N5O2.HI/c1-5-23-22(26-14-20-16-27(11-12-29-20)15-17(2)3)25-10-9-24-21(28)19-8-6-7-18(4)13-19;/h6-8,13,17,20H,5,9-12,14-16H2,1-4H3,(H,24,28)(H2,23,25,26);1H. The number of ether oxygens (including phenoxy) is 1. The van der Waals surface area contributed by atoms with E-state index in [0.29, 0.717) is 31.1 Å². The van der Waals surface area contributed by atoms with E-state index < -0.39 is 0 Å². The lowest BCUT2D eigenvalue weighted by atomic mass is 10.1. The van der Waals surface area contributed by atoms with Crippen LogP contribution in [0.5, 0.6) is 0 Å². The fourth-order valence-corrected chi connectivity index (χ4v) is 3.35. The summed E-state index contributed by atoms with van der Waals surface area (Å²) in [4.78, 5) is 19.3. The Morgan fingerprint density at radius 3 is 2.73 bits per heavy atom. The van der Waals surface area contributed by atoms with E-state index in [0.717, 1.165) is 44.3 Å². The molecule has 1 amide bonds. The second-order valence-electron chi connectivity index (χ2n) is 7.92. The molecule has 0 radical (unpaired) electrons. The molecule has 3 N–H and O–H groups in total. The molecule has 0 spiro atoms. The maximum atomic E-state index is 12.2. The molecule has 0 bridgehead atoms. The molecule has 170 valence electrons. The van der Waals surface area contributed by atoms with Gasteiger partial charge in [0.25, 0.3) is 5.91 Å². The topological polar surface area (TPSA) is 78.0 Å². The minimum Gasteiger partial charge on any atom is -0.374 e. The number of nitrogens with one attached hydrogen (secondary N) is 3. The Hall–Kier alpha value is -1.39. The van der Waals surface area contributed by atoms with E-state index in [4.69, 9.17) is 4.74 Å². The number of rotatable bonds is 9. The van der Waals surface area contributed by atoms with E-state index >= 15 is 0 Å². The number of halogens is 1. The van der Waals surface area contributed by atoms with Crippen LogP contribution < -0.4 is 16.0 Å². The highest BCUT2D eigenvalue weighted by molar-refractivity contribution is 14.0. The third-order valence-corrected chi connectivity index (χ3v) is 4.63. The minimum atomic E-state index is -0.0571. The van der Waals surface area contributed by atoms with Crippen LogP contribution in [0.3, 0.4) is 0 Å². The van der Waals surface area contributed by atoms with Crippen LogP contribution in [0.2, 0.25) is 0 Å². The van der Waals surface area contributed by atoms with Crippen LogP contribution in [0.25, 0.3) is 0 Å². The van der Waals surface area contributed by atoms with Crippen LogP contribution in [0.4, 0.5) is 0 Å². The highest BCUT2D eigenvalue weighted by atomic mass is 127. The molecular weight excluding hydrogens is 493 g/mol. The van der Waals surface area contributed by atoms with Gasteiger partial charge < -0.3 is 20.7 Å². The Labute approximate surface area is 198 Å². The summed E-state index contributed by atoms with van der Waals surface area (Å²) >= 11 is 0. The van der Waals surface area contributed by atoms with Crippen LogP contribution in [-0.4, -0.2) is 75.3 Å². The van der Waals surface area contributed by atoms with Gasteiger partial charge in [-0.3, -0.25) is 14.7 Å². The van der Waals surface area contributed by atoms with Crippen LogP contribution >= 0.6 is 24.0 Å². The lowest BCUT2D eigenvalue weighted by molar-refractivity contribution is -0.0261. The molecule has 1 heterocycles. The van der Waals surface area contributed by atoms with Gasteiger partial charge in [0.15, 0.2) is 5.96 Å². The molecule has 0 saturated carbocycles. The van der Waals surface area contributed by atoms with Gasteiger partial charge in [0.2, 0.25) is 0 Å². The molecule has 1 fully saturated rings. The molecule has 7 nitrogen and oxygen atoms in total. The molecule has 1 atom stereocenters. The molecule has 1 aromatic rings. The van der Waals surface area contributed by atoms with E-state index in [1.165, 1.54) is 0 Å². The molecule has 1 aliphatic rings. The van der Waals surface area contributed by atoms with E-state index in [-0.39, 0.29) is 36.0 Å². The molecule has 1 aliphatic heterocycles. The van der Waals surface area contributed by atoms with Crippen LogP contribution in [-0.2, 0) is 4.74 Å². The molecule has 1 saturated heterocycles. The summed E-state index contributed by atoms with van der Waals surface area (Å²) in [5.74, 6) is 1.35. The quantitative estimate of drug-likeness (QED) is 0.197. The predicted octanol–water partition coefficient (Wildman–Crippen LogP) is 2.25. The fourth-order valence-electron chi connectivity index (χ4n) is 3.35. The average molecular weight is 531 g/mol. The lowest BCUT2D eigenvalue weighted by Crippen LogP contribution is -2.46. The number of nitrogens with zero attached hydrogens (tertiary/aromatic N) is 2. The Kier molecular flexibility index (Phi) is 13.0. The molecule has 0 aromatic heterocycles. The average Bonchev–Trinajstić information content (AvgIpc) is 2.69. The second-order valence-corrected chi connectivity index (χ2v) is 7.92. The van der Waals surface area contributed by atoms with Gasteiger partial charge in [-0.1, -0.05) is 31.5 Å². The maximum absolute atomic E-state index is 12.2. The van der Waals surface area contributed by atoms with Crippen molar-refractivity contribution in [2.75, 3.05) is 52.4 Å². The predicted molar refractivity (Wildman–Crippen MR) is 134 cm³/mol. The zero-order valence-electron chi connectivity index (χ0n) is 18.7. The van der Waals surface area contributed by atoms with Gasteiger partial charge in [-0.15, -0.1) is 24.0 Å². The second kappa shape index (κ2) is 14.6. The molecular formula is C22H38IN5O2. The number of carbonyl (C=O) groups excluding carboxylic acids is 1. The number of aryl methyl sites for hydroxylation is 1. The Bertz CT molecular complexity index is 669. The van der Waals surface area contributed by atoms with Crippen molar-refractivity contribution in [3.8, 4) is 0 Å². The van der Waals surface area contributed by atoms with Crippen molar-refractivity contribution in [2.24, 2.45) is 10.9 Å². The highest BCUT2D eigenvalue weighted by Crippen LogP contribution is 2.08. The zero-order chi connectivity index (χ0) is 21.1. The Morgan fingerprint density at radius 2 is 2.03 bits per heavy atom. The van der Waals surface area contributed by atoms with Crippen molar-refractivity contribution >= 4 is 35.8 Å². The van der Waals surface area contributed by atoms with Crippen LogP contribution in [0.15, 0.2) is 29.3 Å². The fraction of sp³-hybridized carbons (Fsp3) is 0.636. The normalized spacial score (nSPS) is 17.4. The number of hydrogen-bond donors (Lipinski definition) is 3. The smallest absolute Gasteiger partial charge is 0.251 e. The van der Waals surface area contributed by atoms with Gasteiger partial charge in [0.1, 0.15) is 0 Å². The number of aliphatic imine (C=N–C) groups is 1. The summed E-state index contributed by atoms with van der Waals surface area (Å²) in [7, 11) is 0. The van der Waals surface area contributed by atoms with Gasteiger partial charge in [0.05, 0.1) is 19.3 Å². The first-order chi connectivity index (χ1) is 14.0. The van der Waals surface area contributed by atoms with Gasteiger partial charge in [-0.25, -0.2) is 0 Å². The number of carbonyl (C=O) groups is 1. The van der Waals surface area contributed by atoms with E-state index in [9.17, 15) is 4.79 Å². The third-order valence-electron chi connectivity index (χ3n) is 4.63. The van der Waals surface area contributed by atoms with Crippen molar-refractivity contribution in [3.05, 3.63) is 35.4 Å². The maximum Gasteiger partial charge on any atom is 0.251 e. The number of amides is 1. The monoisotopic (exact) mass is 531 g/mol. The third kappa shape index (κ3) is 10.1. The first kappa shape index (κ1) is 26.6. The zero-order valence-corrected chi connectivity index (χ0v) is 21.1. The SMILES string of the molecule is CCNC(=NCC1CN(CC(C)C)CCO1)NCCNC(=O)c1cccc(C)c1.I. The molecule has 0 aliphatic carbocycles. The largest absolute Gasteiger partial charge is 0.374 e. The molecule has 8 heteroatoms. The Balaban J connectivity index is 0.00000450. The van der Waals surface area contributed by atoms with Crippen molar-refractivity contribution in [3.63, 3.8) is 0 Å². The van der Waals surface area contributed by atoms with Crippen molar-refractivity contribution in [1.29, 1.82) is 0 Å². The lowest BCUT2D eigenvalue weighted by Gasteiger charge is -2.33.